The van der Waals surface area contributed by atoms with Crippen LogP contribution >= 0.6 is 11.8 Å². The molecule has 1 amide bonds. The summed E-state index contributed by atoms with van der Waals surface area (Å²) in [6, 6.07) is 0.311. The molecule has 114 valence electrons. The summed E-state index contributed by atoms with van der Waals surface area (Å²) < 4.78 is 0. The van der Waals surface area contributed by atoms with Gasteiger partial charge in [0, 0.05) is 39.6 Å². The van der Waals surface area contributed by atoms with E-state index in [0.29, 0.717) is 12.5 Å². The summed E-state index contributed by atoms with van der Waals surface area (Å²) in [5.74, 6) is 4.45. The molecule has 6 heteroatoms. The zero-order valence-corrected chi connectivity index (χ0v) is 13.3. The highest BCUT2D eigenvalue weighted by molar-refractivity contribution is 7.99. The number of likely N-dealkylation sites (tertiary alicyclic amines) is 1. The lowest BCUT2D eigenvalue weighted by atomic mass is 10.0. The van der Waals surface area contributed by atoms with Crippen LogP contribution in [0.15, 0.2) is 4.99 Å². The Bertz CT molecular complexity index is 355. The molecule has 2 heterocycles. The molecule has 2 fully saturated rings. The molecule has 2 aliphatic rings. The summed E-state index contributed by atoms with van der Waals surface area (Å²) in [6.45, 7) is 1.77. The fourth-order valence-electron chi connectivity index (χ4n) is 2.71. The maximum atomic E-state index is 11.5. The van der Waals surface area contributed by atoms with E-state index in [0.717, 1.165) is 31.4 Å². The summed E-state index contributed by atoms with van der Waals surface area (Å²) in [6.07, 6.45) is 4.12. The monoisotopic (exact) mass is 298 g/mol. The quantitative estimate of drug-likeness (QED) is 0.601. The van der Waals surface area contributed by atoms with Crippen LogP contribution in [-0.2, 0) is 4.79 Å². The molecule has 0 radical (unpaired) electrons. The predicted octanol–water partition coefficient (Wildman–Crippen LogP) is 0.915. The normalized spacial score (nSPS) is 25.7. The number of thioether (sulfide) groups is 1. The summed E-state index contributed by atoms with van der Waals surface area (Å²) in [5, 5.41) is 6.87. The van der Waals surface area contributed by atoms with E-state index in [2.05, 4.69) is 27.4 Å². The maximum absolute atomic E-state index is 11.5. The molecule has 1 unspecified atom stereocenters. The van der Waals surface area contributed by atoms with Crippen molar-refractivity contribution >= 4 is 23.6 Å². The van der Waals surface area contributed by atoms with Crippen LogP contribution in [0, 0.1) is 5.92 Å². The molecule has 0 aromatic carbocycles. The molecular weight excluding hydrogens is 272 g/mol. The minimum Gasteiger partial charge on any atom is -0.356 e. The molecule has 2 aliphatic heterocycles. The molecule has 5 nitrogen and oxygen atoms in total. The van der Waals surface area contributed by atoms with Gasteiger partial charge >= 0.3 is 0 Å². The first-order chi connectivity index (χ1) is 9.69. The average molecular weight is 298 g/mol. The summed E-state index contributed by atoms with van der Waals surface area (Å²) >= 11 is 2.06. The van der Waals surface area contributed by atoms with Gasteiger partial charge in [-0.05, 0) is 36.7 Å². The number of nitrogens with zero attached hydrogens (tertiary/aromatic N) is 2. The van der Waals surface area contributed by atoms with E-state index in [1.807, 2.05) is 14.1 Å². The summed E-state index contributed by atoms with van der Waals surface area (Å²) in [5.41, 5.74) is 0. The Morgan fingerprint density at radius 2 is 2.15 bits per heavy atom. The van der Waals surface area contributed by atoms with Gasteiger partial charge in [0.15, 0.2) is 5.96 Å². The van der Waals surface area contributed by atoms with Gasteiger partial charge in [0.25, 0.3) is 0 Å². The van der Waals surface area contributed by atoms with E-state index >= 15 is 0 Å². The maximum Gasteiger partial charge on any atom is 0.222 e. The number of rotatable bonds is 3. The number of likely N-dealkylation sites (N-methyl/N-ethyl adjacent to an activating group) is 1. The standard InChI is InChI=1S/C14H26N4OS/c1-15-14(16-9-11-5-7-20-8-6-11)17-12-3-4-13(19)18(2)10-12/h11-12H,3-10H2,1-2H3,(H2,15,16,17). The smallest absolute Gasteiger partial charge is 0.222 e. The third kappa shape index (κ3) is 4.58. The number of aliphatic imine (C=N–C) groups is 1. The van der Waals surface area contributed by atoms with Crippen molar-refractivity contribution in [3.63, 3.8) is 0 Å². The minimum atomic E-state index is 0.241. The lowest BCUT2D eigenvalue weighted by molar-refractivity contribution is -0.132. The topological polar surface area (TPSA) is 56.7 Å². The van der Waals surface area contributed by atoms with Gasteiger partial charge in [-0.2, -0.15) is 11.8 Å². The lowest BCUT2D eigenvalue weighted by Crippen LogP contribution is -2.52. The summed E-state index contributed by atoms with van der Waals surface area (Å²) in [7, 11) is 3.68. The number of guanidine groups is 1. The first kappa shape index (κ1) is 15.5. The van der Waals surface area contributed by atoms with Gasteiger partial charge < -0.3 is 15.5 Å². The molecular formula is C14H26N4OS. The molecule has 0 bridgehead atoms. The van der Waals surface area contributed by atoms with Crippen molar-refractivity contribution < 1.29 is 4.79 Å². The van der Waals surface area contributed by atoms with Crippen molar-refractivity contribution in [1.82, 2.24) is 15.5 Å². The number of nitrogens with one attached hydrogen (secondary N) is 2. The Hall–Kier alpha value is -0.910. The molecule has 0 saturated carbocycles. The molecule has 0 aromatic heterocycles. The van der Waals surface area contributed by atoms with Gasteiger partial charge in [-0.3, -0.25) is 9.79 Å². The van der Waals surface area contributed by atoms with Crippen LogP contribution in [0.3, 0.4) is 0 Å². The number of hydrogen-bond donors (Lipinski definition) is 2. The van der Waals surface area contributed by atoms with Crippen molar-refractivity contribution in [3.05, 3.63) is 0 Å². The minimum absolute atomic E-state index is 0.241. The fourth-order valence-corrected chi connectivity index (χ4v) is 3.91. The second-order valence-electron chi connectivity index (χ2n) is 5.66. The Balaban J connectivity index is 1.73. The van der Waals surface area contributed by atoms with E-state index in [1.54, 1.807) is 4.90 Å². The van der Waals surface area contributed by atoms with E-state index in [-0.39, 0.29) is 5.91 Å². The van der Waals surface area contributed by atoms with Crippen molar-refractivity contribution in [2.75, 3.05) is 38.7 Å². The molecule has 2 saturated heterocycles. The second-order valence-corrected chi connectivity index (χ2v) is 6.89. The zero-order valence-electron chi connectivity index (χ0n) is 12.5. The van der Waals surface area contributed by atoms with E-state index in [1.165, 1.54) is 24.3 Å². The van der Waals surface area contributed by atoms with Gasteiger partial charge in [0.05, 0.1) is 0 Å². The molecule has 2 N–H and O–H groups in total. The lowest BCUT2D eigenvalue weighted by Gasteiger charge is -2.31. The Labute approximate surface area is 126 Å². The largest absolute Gasteiger partial charge is 0.356 e. The Kier molecular flexibility index (Phi) is 6.01. The molecule has 0 spiro atoms. The van der Waals surface area contributed by atoms with Crippen molar-refractivity contribution in [2.24, 2.45) is 10.9 Å². The number of carbonyl (C=O) groups excluding carboxylic acids is 1. The number of amides is 1. The molecule has 0 aromatic rings. The van der Waals surface area contributed by atoms with Crippen LogP contribution in [0.1, 0.15) is 25.7 Å². The Morgan fingerprint density at radius 1 is 1.40 bits per heavy atom. The van der Waals surface area contributed by atoms with Gasteiger partial charge in [-0.1, -0.05) is 0 Å². The number of hydrogen-bond acceptors (Lipinski definition) is 3. The summed E-state index contributed by atoms with van der Waals surface area (Å²) in [4.78, 5) is 17.6. The first-order valence-corrected chi connectivity index (χ1v) is 8.63. The molecule has 0 aliphatic carbocycles. The third-order valence-corrected chi connectivity index (χ3v) is 5.14. The van der Waals surface area contributed by atoms with Crippen LogP contribution in [0.4, 0.5) is 0 Å². The molecule has 1 atom stereocenters. The zero-order chi connectivity index (χ0) is 14.4. The van der Waals surface area contributed by atoms with Crippen LogP contribution in [0.25, 0.3) is 0 Å². The highest BCUT2D eigenvalue weighted by Gasteiger charge is 2.23. The van der Waals surface area contributed by atoms with Crippen LogP contribution in [-0.4, -0.2) is 61.5 Å². The average Bonchev–Trinajstić information content (AvgIpc) is 2.48. The van der Waals surface area contributed by atoms with Gasteiger partial charge in [0.2, 0.25) is 5.91 Å². The van der Waals surface area contributed by atoms with E-state index in [4.69, 9.17) is 0 Å². The predicted molar refractivity (Wildman–Crippen MR) is 85.2 cm³/mol. The molecule has 20 heavy (non-hydrogen) atoms. The first-order valence-electron chi connectivity index (χ1n) is 7.48. The SMILES string of the molecule is CN=C(NCC1CCSCC1)NC1CCC(=O)N(C)C1. The van der Waals surface area contributed by atoms with E-state index in [9.17, 15) is 4.79 Å². The van der Waals surface area contributed by atoms with Crippen molar-refractivity contribution in [3.8, 4) is 0 Å². The number of carbonyl (C=O) groups is 1. The van der Waals surface area contributed by atoms with Gasteiger partial charge in [-0.15, -0.1) is 0 Å². The highest BCUT2D eigenvalue weighted by Crippen LogP contribution is 2.21. The number of piperidine rings is 1. The third-order valence-electron chi connectivity index (χ3n) is 4.09. The van der Waals surface area contributed by atoms with E-state index < -0.39 is 0 Å². The fraction of sp³-hybridized carbons (Fsp3) is 0.857. The molecule has 2 rings (SSSR count). The van der Waals surface area contributed by atoms with Crippen LogP contribution in [0.5, 0.6) is 0 Å². The Morgan fingerprint density at radius 3 is 2.80 bits per heavy atom. The van der Waals surface area contributed by atoms with Gasteiger partial charge in [-0.25, -0.2) is 0 Å². The van der Waals surface area contributed by atoms with Crippen LogP contribution < -0.4 is 10.6 Å². The van der Waals surface area contributed by atoms with Crippen molar-refractivity contribution in [2.45, 2.75) is 31.7 Å². The van der Waals surface area contributed by atoms with Gasteiger partial charge in [0.1, 0.15) is 0 Å². The highest BCUT2D eigenvalue weighted by atomic mass is 32.2. The van der Waals surface area contributed by atoms with Crippen LogP contribution in [0.2, 0.25) is 0 Å². The van der Waals surface area contributed by atoms with Crippen molar-refractivity contribution in [1.29, 1.82) is 0 Å². The second kappa shape index (κ2) is 7.76.